The highest BCUT2D eigenvalue weighted by Crippen LogP contribution is 2.36. The van der Waals surface area contributed by atoms with E-state index < -0.39 is 0 Å². The van der Waals surface area contributed by atoms with Crippen molar-refractivity contribution in [1.82, 2.24) is 0 Å². The summed E-state index contributed by atoms with van der Waals surface area (Å²) in [6.45, 7) is 2.39. The molecule has 1 aromatic heterocycles. The fourth-order valence-electron chi connectivity index (χ4n) is 2.64. The van der Waals surface area contributed by atoms with E-state index in [9.17, 15) is 0 Å². The van der Waals surface area contributed by atoms with Gasteiger partial charge in [-0.25, -0.2) is 0 Å². The quantitative estimate of drug-likeness (QED) is 0.572. The Balaban J connectivity index is 2.20. The predicted octanol–water partition coefficient (Wildman–Crippen LogP) is 4.42. The van der Waals surface area contributed by atoms with Crippen molar-refractivity contribution in [2.24, 2.45) is 5.92 Å². The fourth-order valence-corrected chi connectivity index (χ4v) is 3.91. The molecule has 1 aliphatic carbocycles. The molecule has 0 nitrogen and oxygen atoms in total. The van der Waals surface area contributed by atoms with Crippen molar-refractivity contribution < 1.29 is 0 Å². The van der Waals surface area contributed by atoms with Gasteiger partial charge in [0.05, 0.1) is 0 Å². The first kappa shape index (κ1) is 9.41. The van der Waals surface area contributed by atoms with E-state index >= 15 is 0 Å². The van der Waals surface area contributed by atoms with Crippen molar-refractivity contribution in [3.05, 3.63) is 34.7 Å². The molecular weight excluding hydrogens is 200 g/mol. The van der Waals surface area contributed by atoms with Crippen LogP contribution in [0, 0.1) is 5.92 Å². The molecule has 15 heavy (non-hydrogen) atoms. The summed E-state index contributed by atoms with van der Waals surface area (Å²) in [6.07, 6.45) is 5.37. The van der Waals surface area contributed by atoms with Crippen LogP contribution in [0.5, 0.6) is 0 Å². The molecule has 1 heterocycles. The Morgan fingerprint density at radius 1 is 1.27 bits per heavy atom. The van der Waals surface area contributed by atoms with Crippen molar-refractivity contribution in [2.75, 3.05) is 0 Å². The van der Waals surface area contributed by atoms with E-state index in [1.165, 1.54) is 35.8 Å². The minimum Gasteiger partial charge on any atom is -0.140 e. The van der Waals surface area contributed by atoms with Gasteiger partial charge in [-0.3, -0.25) is 0 Å². The van der Waals surface area contributed by atoms with E-state index in [1.807, 2.05) is 11.3 Å². The topological polar surface area (TPSA) is 0 Å². The Kier molecular flexibility index (Phi) is 2.28. The second-order valence-corrected chi connectivity index (χ2v) is 5.84. The minimum absolute atomic E-state index is 0.865. The lowest BCUT2D eigenvalue weighted by molar-refractivity contribution is 0.527. The molecule has 78 valence electrons. The van der Waals surface area contributed by atoms with Crippen LogP contribution in [0.15, 0.2) is 24.3 Å². The van der Waals surface area contributed by atoms with Crippen LogP contribution >= 0.6 is 11.3 Å². The average Bonchev–Trinajstić information content (AvgIpc) is 2.47. The standard InChI is InChI=1S/C14H16S/c1-10-5-4-8-14-12(9-10)11-6-2-3-7-13(11)15-14/h2-3,6-7,10H,4-5,8-9H2,1H3. The summed E-state index contributed by atoms with van der Waals surface area (Å²) in [4.78, 5) is 1.65. The van der Waals surface area contributed by atoms with E-state index in [4.69, 9.17) is 0 Å². The second kappa shape index (κ2) is 3.64. The van der Waals surface area contributed by atoms with Gasteiger partial charge in [0.25, 0.3) is 0 Å². The smallest absolute Gasteiger partial charge is 0.0348 e. The lowest BCUT2D eigenvalue weighted by Crippen LogP contribution is -1.96. The predicted molar refractivity (Wildman–Crippen MR) is 67.6 cm³/mol. The van der Waals surface area contributed by atoms with Crippen LogP contribution in [0.25, 0.3) is 10.1 Å². The SMILES string of the molecule is CC1CCCc2sc3ccccc3c2C1. The van der Waals surface area contributed by atoms with E-state index in [0.717, 1.165) is 5.92 Å². The highest BCUT2D eigenvalue weighted by atomic mass is 32.1. The third-order valence-corrected chi connectivity index (χ3v) is 4.71. The van der Waals surface area contributed by atoms with Gasteiger partial charge in [0.1, 0.15) is 0 Å². The van der Waals surface area contributed by atoms with Gasteiger partial charge in [0.15, 0.2) is 0 Å². The maximum absolute atomic E-state index is 2.39. The second-order valence-electron chi connectivity index (χ2n) is 4.70. The molecular formula is C14H16S. The molecule has 0 fully saturated rings. The van der Waals surface area contributed by atoms with Gasteiger partial charge in [-0.1, -0.05) is 31.5 Å². The zero-order valence-corrected chi connectivity index (χ0v) is 9.94. The van der Waals surface area contributed by atoms with Crippen molar-refractivity contribution in [3.63, 3.8) is 0 Å². The Morgan fingerprint density at radius 3 is 3.07 bits per heavy atom. The molecule has 1 heteroatoms. The number of hydrogen-bond donors (Lipinski definition) is 0. The Bertz CT molecular complexity index is 481. The fraction of sp³-hybridized carbons (Fsp3) is 0.429. The molecule has 0 saturated carbocycles. The molecule has 0 N–H and O–H groups in total. The summed E-state index contributed by atoms with van der Waals surface area (Å²) < 4.78 is 1.48. The summed E-state index contributed by atoms with van der Waals surface area (Å²) in [7, 11) is 0. The number of hydrogen-bond acceptors (Lipinski definition) is 1. The molecule has 0 bridgehead atoms. The molecule has 0 spiro atoms. The normalized spacial score (nSPS) is 21.3. The van der Waals surface area contributed by atoms with Crippen LogP contribution in [0.3, 0.4) is 0 Å². The summed E-state index contributed by atoms with van der Waals surface area (Å²) in [6, 6.07) is 8.88. The maximum atomic E-state index is 2.39. The van der Waals surface area contributed by atoms with Crippen LogP contribution in [0.2, 0.25) is 0 Å². The molecule has 1 aromatic carbocycles. The molecule has 1 atom stereocenters. The molecule has 0 aliphatic heterocycles. The first-order valence-corrected chi connectivity index (χ1v) is 6.65. The van der Waals surface area contributed by atoms with Crippen LogP contribution in [-0.2, 0) is 12.8 Å². The number of thiophene rings is 1. The lowest BCUT2D eigenvalue weighted by Gasteiger charge is -2.06. The monoisotopic (exact) mass is 216 g/mol. The molecule has 1 unspecified atom stereocenters. The van der Waals surface area contributed by atoms with Gasteiger partial charge in [-0.15, -0.1) is 11.3 Å². The zero-order chi connectivity index (χ0) is 10.3. The molecule has 0 amide bonds. The Morgan fingerprint density at radius 2 is 2.13 bits per heavy atom. The van der Waals surface area contributed by atoms with E-state index in [1.54, 1.807) is 10.4 Å². The lowest BCUT2D eigenvalue weighted by atomic mass is 9.99. The largest absolute Gasteiger partial charge is 0.140 e. The third-order valence-electron chi connectivity index (χ3n) is 3.44. The van der Waals surface area contributed by atoms with E-state index in [0.29, 0.717) is 0 Å². The maximum Gasteiger partial charge on any atom is 0.0348 e. The Labute approximate surface area is 94.9 Å². The Hall–Kier alpha value is -0.820. The van der Waals surface area contributed by atoms with Gasteiger partial charge in [0, 0.05) is 9.58 Å². The van der Waals surface area contributed by atoms with Crippen LogP contribution in [-0.4, -0.2) is 0 Å². The van der Waals surface area contributed by atoms with Crippen molar-refractivity contribution in [3.8, 4) is 0 Å². The first-order valence-electron chi connectivity index (χ1n) is 5.84. The van der Waals surface area contributed by atoms with Crippen molar-refractivity contribution >= 4 is 21.4 Å². The zero-order valence-electron chi connectivity index (χ0n) is 9.12. The number of rotatable bonds is 0. The summed E-state index contributed by atoms with van der Waals surface area (Å²) >= 11 is 2.02. The minimum atomic E-state index is 0.865. The van der Waals surface area contributed by atoms with Gasteiger partial charge in [-0.2, -0.15) is 0 Å². The number of aryl methyl sites for hydroxylation is 1. The highest BCUT2D eigenvalue weighted by molar-refractivity contribution is 7.19. The molecule has 1 aliphatic rings. The third kappa shape index (κ3) is 1.59. The highest BCUT2D eigenvalue weighted by Gasteiger charge is 2.17. The van der Waals surface area contributed by atoms with Crippen LogP contribution < -0.4 is 0 Å². The molecule has 0 radical (unpaired) electrons. The summed E-state index contributed by atoms with van der Waals surface area (Å²) in [5.41, 5.74) is 1.65. The molecule has 0 saturated heterocycles. The van der Waals surface area contributed by atoms with Crippen LogP contribution in [0.1, 0.15) is 30.2 Å². The van der Waals surface area contributed by atoms with Gasteiger partial charge < -0.3 is 0 Å². The summed E-state index contributed by atoms with van der Waals surface area (Å²) in [5, 5.41) is 1.52. The van der Waals surface area contributed by atoms with Crippen molar-refractivity contribution in [2.45, 2.75) is 32.6 Å². The molecule has 2 aromatic rings. The van der Waals surface area contributed by atoms with Crippen LogP contribution in [0.4, 0.5) is 0 Å². The average molecular weight is 216 g/mol. The van der Waals surface area contributed by atoms with Crippen molar-refractivity contribution in [1.29, 1.82) is 0 Å². The number of benzene rings is 1. The first-order chi connectivity index (χ1) is 7.34. The number of fused-ring (bicyclic) bond motifs is 3. The summed E-state index contributed by atoms with van der Waals surface area (Å²) in [5.74, 6) is 0.865. The van der Waals surface area contributed by atoms with Gasteiger partial charge in [0.2, 0.25) is 0 Å². The van der Waals surface area contributed by atoms with E-state index in [2.05, 4.69) is 31.2 Å². The van der Waals surface area contributed by atoms with Gasteiger partial charge >= 0.3 is 0 Å². The van der Waals surface area contributed by atoms with Gasteiger partial charge in [-0.05, 0) is 42.2 Å². The molecule has 3 rings (SSSR count). The van der Waals surface area contributed by atoms with E-state index in [-0.39, 0.29) is 0 Å².